The Kier molecular flexibility index (Phi) is 6.31. The lowest BCUT2D eigenvalue weighted by Gasteiger charge is -2.27. The third-order valence-electron chi connectivity index (χ3n) is 3.86. The molecule has 3 heteroatoms. The summed E-state index contributed by atoms with van der Waals surface area (Å²) < 4.78 is 0. The van der Waals surface area contributed by atoms with E-state index in [0.29, 0.717) is 11.3 Å². The summed E-state index contributed by atoms with van der Waals surface area (Å²) in [4.78, 5) is 14.6. The van der Waals surface area contributed by atoms with Crippen molar-refractivity contribution in [3.63, 3.8) is 0 Å². The summed E-state index contributed by atoms with van der Waals surface area (Å²) in [6, 6.07) is 0.0662. The fourth-order valence-electron chi connectivity index (χ4n) is 2.60. The van der Waals surface area contributed by atoms with Crippen LogP contribution in [0.25, 0.3) is 0 Å². The Morgan fingerprint density at radius 3 is 2.37 bits per heavy atom. The highest BCUT2D eigenvalue weighted by Gasteiger charge is 2.37. The van der Waals surface area contributed by atoms with Gasteiger partial charge in [0.2, 0.25) is 5.91 Å². The molecule has 1 saturated heterocycles. The largest absolute Gasteiger partial charge is 0.326 e. The van der Waals surface area contributed by atoms with Crippen LogP contribution in [0.2, 0.25) is 0 Å². The molecule has 0 spiro atoms. The second-order valence-corrected chi connectivity index (χ2v) is 7.01. The summed E-state index contributed by atoms with van der Waals surface area (Å²) in [5.74, 6) is 0.330. The molecule has 1 amide bonds. The first-order valence-corrected chi connectivity index (χ1v) is 7.95. The first kappa shape index (κ1) is 16.5. The first-order valence-electron chi connectivity index (χ1n) is 7.95. The summed E-state index contributed by atoms with van der Waals surface area (Å²) in [6.45, 7) is 12.0. The van der Waals surface area contributed by atoms with E-state index in [9.17, 15) is 4.79 Å². The molecular formula is C16H32N2O. The molecule has 0 saturated carbocycles. The molecule has 1 rings (SSSR count). The fraction of sp³-hybridized carbons (Fsp3) is 0.938. The topological polar surface area (TPSA) is 32.3 Å². The van der Waals surface area contributed by atoms with Crippen LogP contribution in [0.3, 0.4) is 0 Å². The van der Waals surface area contributed by atoms with Crippen LogP contribution >= 0.6 is 0 Å². The lowest BCUT2D eigenvalue weighted by Crippen LogP contribution is -2.39. The summed E-state index contributed by atoms with van der Waals surface area (Å²) >= 11 is 0. The number of hydrogen-bond donors (Lipinski definition) is 1. The number of carbonyl (C=O) groups excluding carboxylic acids is 1. The van der Waals surface area contributed by atoms with Crippen molar-refractivity contribution in [2.45, 2.75) is 85.4 Å². The molecule has 2 atom stereocenters. The minimum absolute atomic E-state index is 0.0662. The maximum Gasteiger partial charge on any atom is 0.241 e. The number of unbranched alkanes of at least 4 members (excludes halogenated alkanes) is 1. The van der Waals surface area contributed by atoms with Gasteiger partial charge in [-0.15, -0.1) is 0 Å². The summed E-state index contributed by atoms with van der Waals surface area (Å²) in [5, 5.41) is 3.54. The Hall–Kier alpha value is -0.570. The maximum absolute atomic E-state index is 12.5. The molecule has 1 heterocycles. The molecule has 0 aromatic heterocycles. The molecule has 0 aromatic rings. The van der Waals surface area contributed by atoms with E-state index in [4.69, 9.17) is 0 Å². The number of rotatable bonds is 7. The van der Waals surface area contributed by atoms with Gasteiger partial charge in [0.25, 0.3) is 0 Å². The van der Waals surface area contributed by atoms with Crippen molar-refractivity contribution in [1.29, 1.82) is 0 Å². The van der Waals surface area contributed by atoms with Gasteiger partial charge in [0.05, 0.1) is 12.2 Å². The Bertz CT molecular complexity index is 283. The zero-order valence-electron chi connectivity index (χ0n) is 13.5. The molecule has 0 aliphatic carbocycles. The van der Waals surface area contributed by atoms with Gasteiger partial charge in [0.15, 0.2) is 0 Å². The monoisotopic (exact) mass is 268 g/mol. The van der Waals surface area contributed by atoms with Crippen molar-refractivity contribution in [2.24, 2.45) is 5.41 Å². The number of hydrogen-bond acceptors (Lipinski definition) is 2. The number of nitrogens with one attached hydrogen (secondary N) is 1. The van der Waals surface area contributed by atoms with E-state index in [1.165, 1.54) is 0 Å². The third-order valence-corrected chi connectivity index (χ3v) is 3.86. The third kappa shape index (κ3) is 5.13. The summed E-state index contributed by atoms with van der Waals surface area (Å²) in [7, 11) is 0. The summed E-state index contributed by atoms with van der Waals surface area (Å²) in [6.07, 6.45) is 6.81. The van der Waals surface area contributed by atoms with E-state index in [1.54, 1.807) is 0 Å². The van der Waals surface area contributed by atoms with Crippen LogP contribution in [-0.2, 0) is 4.79 Å². The van der Waals surface area contributed by atoms with Crippen LogP contribution < -0.4 is 5.32 Å². The van der Waals surface area contributed by atoms with Gasteiger partial charge in [-0.3, -0.25) is 10.1 Å². The Morgan fingerprint density at radius 1 is 1.16 bits per heavy atom. The molecular weight excluding hydrogens is 236 g/mol. The van der Waals surface area contributed by atoms with Crippen LogP contribution in [-0.4, -0.2) is 29.6 Å². The van der Waals surface area contributed by atoms with Crippen LogP contribution in [0.1, 0.15) is 73.1 Å². The zero-order chi connectivity index (χ0) is 14.5. The van der Waals surface area contributed by atoms with Gasteiger partial charge >= 0.3 is 0 Å². The minimum Gasteiger partial charge on any atom is -0.326 e. The molecule has 0 bridgehead atoms. The van der Waals surface area contributed by atoms with E-state index in [1.807, 2.05) is 0 Å². The second-order valence-electron chi connectivity index (χ2n) is 7.01. The quantitative estimate of drug-likeness (QED) is 0.766. The number of nitrogens with zero attached hydrogens (tertiary/aromatic N) is 1. The van der Waals surface area contributed by atoms with Crippen molar-refractivity contribution in [1.82, 2.24) is 10.2 Å². The molecule has 112 valence electrons. The molecule has 3 nitrogen and oxygen atoms in total. The van der Waals surface area contributed by atoms with E-state index in [-0.39, 0.29) is 12.2 Å². The highest BCUT2D eigenvalue weighted by molar-refractivity contribution is 5.84. The molecule has 19 heavy (non-hydrogen) atoms. The highest BCUT2D eigenvalue weighted by atomic mass is 16.2. The number of carbonyl (C=O) groups is 1. The van der Waals surface area contributed by atoms with Gasteiger partial charge < -0.3 is 4.90 Å². The van der Waals surface area contributed by atoms with Gasteiger partial charge in [-0.1, -0.05) is 53.9 Å². The Balaban J connectivity index is 2.60. The van der Waals surface area contributed by atoms with Crippen LogP contribution in [0.5, 0.6) is 0 Å². The van der Waals surface area contributed by atoms with Gasteiger partial charge in [-0.25, -0.2) is 0 Å². The molecule has 2 unspecified atom stereocenters. The summed E-state index contributed by atoms with van der Waals surface area (Å²) in [5.41, 5.74) is 0.290. The van der Waals surface area contributed by atoms with Crippen molar-refractivity contribution in [3.8, 4) is 0 Å². The van der Waals surface area contributed by atoms with E-state index in [2.05, 4.69) is 44.8 Å². The van der Waals surface area contributed by atoms with Crippen LogP contribution in [0.4, 0.5) is 0 Å². The molecule has 1 aliphatic heterocycles. The molecule has 0 radical (unpaired) electrons. The van der Waals surface area contributed by atoms with Crippen molar-refractivity contribution in [3.05, 3.63) is 0 Å². The van der Waals surface area contributed by atoms with Crippen LogP contribution in [0.15, 0.2) is 0 Å². The Morgan fingerprint density at radius 2 is 1.84 bits per heavy atom. The van der Waals surface area contributed by atoms with Gasteiger partial charge in [-0.05, 0) is 24.7 Å². The SMILES string of the molecule is CCCCC1NC(CCC)N(CCC(C)(C)C)C1=O. The average Bonchev–Trinajstić information content (AvgIpc) is 2.60. The molecule has 1 aliphatic rings. The molecule has 1 N–H and O–H groups in total. The van der Waals surface area contributed by atoms with Gasteiger partial charge in [0, 0.05) is 6.54 Å². The lowest BCUT2D eigenvalue weighted by molar-refractivity contribution is -0.130. The van der Waals surface area contributed by atoms with E-state index in [0.717, 1.165) is 45.1 Å². The predicted molar refractivity (Wildman–Crippen MR) is 80.9 cm³/mol. The standard InChI is InChI=1S/C16H32N2O/c1-6-8-10-13-15(19)18(12-11-16(3,4)5)14(17-13)9-7-2/h13-14,17H,6-12H2,1-5H3. The van der Waals surface area contributed by atoms with Crippen molar-refractivity contribution < 1.29 is 4.79 Å². The first-order chi connectivity index (χ1) is 8.89. The molecule has 0 aromatic carbocycles. The van der Waals surface area contributed by atoms with Gasteiger partial charge in [0.1, 0.15) is 0 Å². The van der Waals surface area contributed by atoms with Crippen molar-refractivity contribution in [2.75, 3.05) is 6.54 Å². The predicted octanol–water partition coefficient (Wildman–Crippen LogP) is 3.54. The molecule has 1 fully saturated rings. The Labute approximate surface area is 119 Å². The lowest BCUT2D eigenvalue weighted by atomic mass is 9.92. The van der Waals surface area contributed by atoms with Crippen LogP contribution in [0, 0.1) is 5.41 Å². The van der Waals surface area contributed by atoms with E-state index >= 15 is 0 Å². The van der Waals surface area contributed by atoms with E-state index < -0.39 is 0 Å². The van der Waals surface area contributed by atoms with Crippen molar-refractivity contribution >= 4 is 5.91 Å². The van der Waals surface area contributed by atoms with Gasteiger partial charge in [-0.2, -0.15) is 0 Å². The zero-order valence-corrected chi connectivity index (χ0v) is 13.5. The minimum atomic E-state index is 0.0662. The second kappa shape index (κ2) is 7.28. The number of amides is 1. The maximum atomic E-state index is 12.5. The highest BCUT2D eigenvalue weighted by Crippen LogP contribution is 2.24. The average molecular weight is 268 g/mol. The normalized spacial score (nSPS) is 24.3. The fourth-order valence-corrected chi connectivity index (χ4v) is 2.60. The smallest absolute Gasteiger partial charge is 0.241 e.